The SMILES string of the molecule is CCC(NC(=O)[C@H](C)N)C(=O)N(C)c1ccccc1. The molecule has 0 radical (unpaired) electrons. The first-order valence-electron chi connectivity index (χ1n) is 6.36. The number of nitrogens with two attached hydrogens (primary N) is 1. The number of hydrogen-bond acceptors (Lipinski definition) is 3. The Morgan fingerprint density at radius 2 is 1.89 bits per heavy atom. The molecule has 0 saturated heterocycles. The van der Waals surface area contributed by atoms with Crippen LogP contribution in [0.2, 0.25) is 0 Å². The van der Waals surface area contributed by atoms with E-state index in [1.165, 1.54) is 4.90 Å². The van der Waals surface area contributed by atoms with Gasteiger partial charge in [-0.05, 0) is 25.5 Å². The first-order valence-corrected chi connectivity index (χ1v) is 6.36. The fourth-order valence-corrected chi connectivity index (χ4v) is 1.65. The van der Waals surface area contributed by atoms with E-state index >= 15 is 0 Å². The van der Waals surface area contributed by atoms with E-state index in [9.17, 15) is 9.59 Å². The van der Waals surface area contributed by atoms with Crippen LogP contribution in [0.1, 0.15) is 20.3 Å². The molecule has 104 valence electrons. The normalized spacial score (nSPS) is 13.5. The molecule has 1 rings (SSSR count). The number of carbonyl (C=O) groups excluding carboxylic acids is 2. The first-order chi connectivity index (χ1) is 8.97. The van der Waals surface area contributed by atoms with Crippen molar-refractivity contribution in [1.82, 2.24) is 5.32 Å². The smallest absolute Gasteiger partial charge is 0.249 e. The molecule has 0 saturated carbocycles. The van der Waals surface area contributed by atoms with Crippen LogP contribution in [0.25, 0.3) is 0 Å². The van der Waals surface area contributed by atoms with Crippen molar-refractivity contribution in [3.8, 4) is 0 Å². The van der Waals surface area contributed by atoms with Gasteiger partial charge < -0.3 is 16.0 Å². The molecule has 5 nitrogen and oxygen atoms in total. The molecule has 0 aliphatic carbocycles. The zero-order valence-electron chi connectivity index (χ0n) is 11.6. The second-order valence-electron chi connectivity index (χ2n) is 4.49. The fraction of sp³-hybridized carbons (Fsp3) is 0.429. The van der Waals surface area contributed by atoms with E-state index in [1.807, 2.05) is 37.3 Å². The zero-order chi connectivity index (χ0) is 14.4. The maximum Gasteiger partial charge on any atom is 0.249 e. The summed E-state index contributed by atoms with van der Waals surface area (Å²) in [7, 11) is 1.69. The van der Waals surface area contributed by atoms with Gasteiger partial charge in [0.2, 0.25) is 11.8 Å². The van der Waals surface area contributed by atoms with Gasteiger partial charge in [-0.3, -0.25) is 9.59 Å². The Labute approximate surface area is 113 Å². The molecule has 1 unspecified atom stereocenters. The molecule has 19 heavy (non-hydrogen) atoms. The largest absolute Gasteiger partial charge is 0.343 e. The van der Waals surface area contributed by atoms with Gasteiger partial charge in [0, 0.05) is 12.7 Å². The summed E-state index contributed by atoms with van der Waals surface area (Å²) >= 11 is 0. The van der Waals surface area contributed by atoms with E-state index in [4.69, 9.17) is 5.73 Å². The van der Waals surface area contributed by atoms with Gasteiger partial charge in [0.05, 0.1) is 6.04 Å². The molecule has 1 aromatic carbocycles. The lowest BCUT2D eigenvalue weighted by molar-refractivity contribution is -0.128. The highest BCUT2D eigenvalue weighted by atomic mass is 16.2. The lowest BCUT2D eigenvalue weighted by Crippen LogP contribution is -2.51. The molecule has 0 aliphatic rings. The molecule has 3 N–H and O–H groups in total. The molecular weight excluding hydrogens is 242 g/mol. The summed E-state index contributed by atoms with van der Waals surface area (Å²) in [5.74, 6) is -0.468. The summed E-state index contributed by atoms with van der Waals surface area (Å²) < 4.78 is 0. The van der Waals surface area contributed by atoms with E-state index in [0.717, 1.165) is 5.69 Å². The second-order valence-corrected chi connectivity index (χ2v) is 4.49. The molecule has 2 atom stereocenters. The number of anilines is 1. The topological polar surface area (TPSA) is 75.4 Å². The van der Waals surface area contributed by atoms with Crippen LogP contribution in [0.5, 0.6) is 0 Å². The van der Waals surface area contributed by atoms with Gasteiger partial charge in [0.1, 0.15) is 6.04 Å². The Morgan fingerprint density at radius 1 is 1.32 bits per heavy atom. The van der Waals surface area contributed by atoms with Crippen LogP contribution in [0.15, 0.2) is 30.3 Å². The molecule has 0 aliphatic heterocycles. The third kappa shape index (κ3) is 4.06. The van der Waals surface area contributed by atoms with Crippen molar-refractivity contribution in [3.05, 3.63) is 30.3 Å². The van der Waals surface area contributed by atoms with E-state index in [0.29, 0.717) is 6.42 Å². The van der Waals surface area contributed by atoms with Crippen LogP contribution < -0.4 is 16.0 Å². The molecule has 0 fully saturated rings. The van der Waals surface area contributed by atoms with Crippen molar-refractivity contribution in [1.29, 1.82) is 0 Å². The second kappa shape index (κ2) is 6.89. The Balaban J connectivity index is 2.76. The van der Waals surface area contributed by atoms with Crippen molar-refractivity contribution < 1.29 is 9.59 Å². The average molecular weight is 263 g/mol. The molecule has 0 spiro atoms. The highest BCUT2D eigenvalue weighted by molar-refractivity contribution is 5.99. The highest BCUT2D eigenvalue weighted by Gasteiger charge is 2.23. The molecule has 2 amide bonds. The van der Waals surface area contributed by atoms with Crippen LogP contribution in [0, 0.1) is 0 Å². The Kier molecular flexibility index (Phi) is 5.51. The third-order valence-electron chi connectivity index (χ3n) is 2.91. The molecule has 0 bridgehead atoms. The number of amides is 2. The van der Waals surface area contributed by atoms with Crippen molar-refractivity contribution in [2.75, 3.05) is 11.9 Å². The molecular formula is C14H21N3O2. The number of para-hydroxylation sites is 1. The van der Waals surface area contributed by atoms with Gasteiger partial charge in [-0.1, -0.05) is 25.1 Å². The molecule has 0 heterocycles. The van der Waals surface area contributed by atoms with Crippen molar-refractivity contribution in [2.45, 2.75) is 32.4 Å². The van der Waals surface area contributed by atoms with Crippen LogP contribution in [-0.4, -0.2) is 30.9 Å². The summed E-state index contributed by atoms with van der Waals surface area (Å²) in [5.41, 5.74) is 6.28. The number of nitrogens with one attached hydrogen (secondary N) is 1. The summed E-state index contributed by atoms with van der Waals surface area (Å²) in [6, 6.07) is 8.13. The van der Waals surface area contributed by atoms with Gasteiger partial charge in [0.15, 0.2) is 0 Å². The quantitative estimate of drug-likeness (QED) is 0.828. The Hall–Kier alpha value is -1.88. The number of benzene rings is 1. The predicted molar refractivity (Wildman–Crippen MR) is 75.7 cm³/mol. The molecule has 1 aromatic rings. The van der Waals surface area contributed by atoms with E-state index in [-0.39, 0.29) is 11.8 Å². The summed E-state index contributed by atoms with van der Waals surface area (Å²) in [4.78, 5) is 25.4. The van der Waals surface area contributed by atoms with Crippen LogP contribution in [-0.2, 0) is 9.59 Å². The van der Waals surface area contributed by atoms with Gasteiger partial charge in [-0.25, -0.2) is 0 Å². The van der Waals surface area contributed by atoms with Crippen molar-refractivity contribution in [3.63, 3.8) is 0 Å². The number of rotatable bonds is 5. The average Bonchev–Trinajstić information content (AvgIpc) is 2.43. The predicted octanol–water partition coefficient (Wildman–Crippen LogP) is 0.891. The summed E-state index contributed by atoms with van der Waals surface area (Å²) in [6.07, 6.45) is 0.522. The minimum atomic E-state index is -0.621. The van der Waals surface area contributed by atoms with Crippen LogP contribution in [0.4, 0.5) is 5.69 Å². The van der Waals surface area contributed by atoms with Gasteiger partial charge in [0.25, 0.3) is 0 Å². The van der Waals surface area contributed by atoms with Crippen LogP contribution >= 0.6 is 0 Å². The van der Waals surface area contributed by atoms with Gasteiger partial charge in [-0.15, -0.1) is 0 Å². The van der Waals surface area contributed by atoms with Crippen molar-refractivity contribution in [2.24, 2.45) is 5.73 Å². The van der Waals surface area contributed by atoms with E-state index < -0.39 is 12.1 Å². The molecule has 5 heteroatoms. The fourth-order valence-electron chi connectivity index (χ4n) is 1.65. The maximum atomic E-state index is 12.3. The Bertz CT molecular complexity index is 432. The number of hydrogen-bond donors (Lipinski definition) is 2. The Morgan fingerprint density at radius 3 is 2.37 bits per heavy atom. The summed E-state index contributed by atoms with van der Waals surface area (Å²) in [5, 5.41) is 2.66. The van der Waals surface area contributed by atoms with Crippen molar-refractivity contribution >= 4 is 17.5 Å². The summed E-state index contributed by atoms with van der Waals surface area (Å²) in [6.45, 7) is 3.44. The minimum absolute atomic E-state index is 0.150. The molecule has 0 aromatic heterocycles. The first kappa shape index (κ1) is 15.2. The number of nitrogens with zero attached hydrogens (tertiary/aromatic N) is 1. The lowest BCUT2D eigenvalue weighted by Gasteiger charge is -2.24. The lowest BCUT2D eigenvalue weighted by atomic mass is 10.1. The monoisotopic (exact) mass is 263 g/mol. The van der Waals surface area contributed by atoms with Gasteiger partial charge >= 0.3 is 0 Å². The number of carbonyl (C=O) groups is 2. The maximum absolute atomic E-state index is 12.3. The zero-order valence-corrected chi connectivity index (χ0v) is 11.6. The van der Waals surface area contributed by atoms with E-state index in [1.54, 1.807) is 14.0 Å². The third-order valence-corrected chi connectivity index (χ3v) is 2.91. The number of likely N-dealkylation sites (N-methyl/N-ethyl adjacent to an activating group) is 1. The minimum Gasteiger partial charge on any atom is -0.343 e. The van der Waals surface area contributed by atoms with E-state index in [2.05, 4.69) is 5.32 Å². The van der Waals surface area contributed by atoms with Crippen LogP contribution in [0.3, 0.4) is 0 Å². The standard InChI is InChI=1S/C14H21N3O2/c1-4-12(16-13(18)10(2)15)14(19)17(3)11-8-6-5-7-9-11/h5-10,12H,4,15H2,1-3H3,(H,16,18)/t10-,12?/m0/s1. The highest BCUT2D eigenvalue weighted by Crippen LogP contribution is 2.13. The van der Waals surface area contributed by atoms with Gasteiger partial charge in [-0.2, -0.15) is 0 Å².